The van der Waals surface area contributed by atoms with E-state index in [1.165, 1.54) is 32.9 Å². The Morgan fingerprint density at radius 2 is 0.959 bits per heavy atom. The van der Waals surface area contributed by atoms with Crippen molar-refractivity contribution in [3.05, 3.63) is 146 Å². The van der Waals surface area contributed by atoms with Crippen molar-refractivity contribution >= 4 is 52.9 Å². The van der Waals surface area contributed by atoms with Crippen molar-refractivity contribution in [1.29, 1.82) is 0 Å². The van der Waals surface area contributed by atoms with Gasteiger partial charge in [-0.25, -0.2) is 0 Å². The van der Waals surface area contributed by atoms with Crippen molar-refractivity contribution in [2.24, 2.45) is 0 Å². The summed E-state index contributed by atoms with van der Waals surface area (Å²) in [5.74, 6) is 0.466. The van der Waals surface area contributed by atoms with E-state index in [1.807, 2.05) is 30.3 Å². The molecule has 0 unspecified atom stereocenters. The van der Waals surface area contributed by atoms with Crippen LogP contribution in [0, 0.1) is 0 Å². The summed E-state index contributed by atoms with van der Waals surface area (Å²) in [6.45, 7) is 14.3. The molecule has 0 saturated heterocycles. The third-order valence-corrected chi connectivity index (χ3v) is 12.1. The minimum absolute atomic E-state index is 0.247. The van der Waals surface area contributed by atoms with E-state index in [0.29, 0.717) is 5.75 Å². The molecule has 7 aromatic rings. The van der Waals surface area contributed by atoms with Crippen LogP contribution in [0.3, 0.4) is 0 Å². The fourth-order valence-electron chi connectivity index (χ4n) is 7.09. The molecule has 0 amide bonds. The highest BCUT2D eigenvalue weighted by molar-refractivity contribution is 7.68. The Bertz CT molecular complexity index is 2130. The Hall–Kier alpha value is -4.47. The highest BCUT2D eigenvalue weighted by Crippen LogP contribution is 2.58. The van der Waals surface area contributed by atoms with Gasteiger partial charge in [0.1, 0.15) is 5.75 Å². The molecule has 49 heavy (non-hydrogen) atoms. The van der Waals surface area contributed by atoms with Gasteiger partial charge in [-0.1, -0.05) is 159 Å². The maximum absolute atomic E-state index is 9.14. The zero-order chi connectivity index (χ0) is 34.8. The minimum Gasteiger partial charge on any atom is -0.511 e. The second-order valence-corrected chi connectivity index (χ2v) is 18.3. The van der Waals surface area contributed by atoms with Crippen LogP contribution in [-0.4, -0.2) is 27.7 Å². The van der Waals surface area contributed by atoms with Crippen molar-refractivity contribution in [1.82, 2.24) is 0 Å². The lowest BCUT2D eigenvalue weighted by Crippen LogP contribution is -2.31. The van der Waals surface area contributed by atoms with Gasteiger partial charge in [-0.3, -0.25) is 0 Å². The first-order valence-corrected chi connectivity index (χ1v) is 18.2. The van der Waals surface area contributed by atoms with Crippen molar-refractivity contribution in [2.75, 3.05) is 0 Å². The number of rotatable bonds is 5. The number of hydrogen-bond donors (Lipinski definition) is 2. The molecule has 5 heteroatoms. The van der Waals surface area contributed by atoms with Gasteiger partial charge in [-0.2, -0.15) is 0 Å². The number of hydrogen-bond acceptors (Lipinski definition) is 3. The van der Waals surface area contributed by atoms with Crippen LogP contribution in [0.5, 0.6) is 5.75 Å². The lowest BCUT2D eigenvalue weighted by atomic mass is 9.97. The summed E-state index contributed by atoms with van der Waals surface area (Å²) in [5.41, 5.74) is 5.20. The SMILES string of the molecule is CC(C)(C)P(c1cc(-c2ccccc2)cc(-c2ccccc2)c1)C(C)(C)C.OB(O)Oc1cccc2ccc3cc4ccccc4cc3c12. The third kappa shape index (κ3) is 7.89. The standard InChI is InChI=1S/C26H31P.C18H13BO3/c1-25(2,3)27(26(4,5)6)24-18-22(20-13-9-7-10-14-20)17-23(19-24)21-15-11-8-12-16-21;20-19(21)22-17-7-3-6-12-8-9-15-10-13-4-1-2-5-14(13)11-16(15)18(12)17/h7-19H,1-6H3;1-11,20-21H. The molecule has 0 aliphatic rings. The highest BCUT2D eigenvalue weighted by Gasteiger charge is 2.36. The monoisotopic (exact) mass is 662 g/mol. The largest absolute Gasteiger partial charge is 0.707 e. The fourth-order valence-corrected chi connectivity index (χ4v) is 11.2. The minimum atomic E-state index is -1.83. The molecular weight excluding hydrogens is 618 g/mol. The first-order valence-electron chi connectivity index (χ1n) is 16.8. The molecule has 3 nitrogen and oxygen atoms in total. The zero-order valence-electron chi connectivity index (χ0n) is 29.2. The molecule has 0 atom stereocenters. The van der Waals surface area contributed by atoms with Crippen molar-refractivity contribution in [2.45, 2.75) is 51.9 Å². The molecule has 0 aliphatic heterocycles. The Labute approximate surface area is 292 Å². The van der Waals surface area contributed by atoms with Crippen LogP contribution in [0.1, 0.15) is 41.5 Å². The van der Waals surface area contributed by atoms with Crippen molar-refractivity contribution in [3.63, 3.8) is 0 Å². The highest BCUT2D eigenvalue weighted by atomic mass is 31.1. The maximum atomic E-state index is 9.14. The molecule has 0 radical (unpaired) electrons. The van der Waals surface area contributed by atoms with Gasteiger partial charge >= 0.3 is 7.32 Å². The predicted octanol–water partition coefficient (Wildman–Crippen LogP) is 11.2. The molecule has 246 valence electrons. The van der Waals surface area contributed by atoms with E-state index in [0.717, 1.165) is 26.9 Å². The topological polar surface area (TPSA) is 49.7 Å². The van der Waals surface area contributed by atoms with Gasteiger partial charge in [-0.15, -0.1) is 0 Å². The smallest absolute Gasteiger partial charge is 0.511 e. The summed E-state index contributed by atoms with van der Waals surface area (Å²) in [6, 6.07) is 50.8. The van der Waals surface area contributed by atoms with Gasteiger partial charge in [0, 0.05) is 5.39 Å². The summed E-state index contributed by atoms with van der Waals surface area (Å²) in [4.78, 5) is 0. The second-order valence-electron chi connectivity index (χ2n) is 14.5. The molecule has 0 aromatic heterocycles. The van der Waals surface area contributed by atoms with E-state index in [1.54, 1.807) is 6.07 Å². The normalized spacial score (nSPS) is 11.9. The van der Waals surface area contributed by atoms with E-state index in [-0.39, 0.29) is 18.2 Å². The van der Waals surface area contributed by atoms with Gasteiger partial charge in [0.25, 0.3) is 0 Å². The molecule has 7 rings (SSSR count). The van der Waals surface area contributed by atoms with Crippen LogP contribution in [-0.2, 0) is 0 Å². The van der Waals surface area contributed by atoms with Crippen LogP contribution in [0.25, 0.3) is 54.6 Å². The molecule has 0 aliphatic carbocycles. The predicted molar refractivity (Wildman–Crippen MR) is 213 cm³/mol. The summed E-state index contributed by atoms with van der Waals surface area (Å²) in [7, 11) is -2.18. The summed E-state index contributed by atoms with van der Waals surface area (Å²) in [6.07, 6.45) is 0. The lowest BCUT2D eigenvalue weighted by Gasteiger charge is -2.42. The summed E-state index contributed by atoms with van der Waals surface area (Å²) < 4.78 is 5.16. The Balaban J connectivity index is 0.000000173. The van der Waals surface area contributed by atoms with E-state index in [9.17, 15) is 0 Å². The molecule has 0 saturated carbocycles. The molecule has 0 spiro atoms. The third-order valence-electron chi connectivity index (χ3n) is 8.65. The average Bonchev–Trinajstić information content (AvgIpc) is 3.07. The van der Waals surface area contributed by atoms with Gasteiger partial charge < -0.3 is 14.7 Å². The molecule has 0 bridgehead atoms. The quantitative estimate of drug-likeness (QED) is 0.0835. The second kappa shape index (κ2) is 14.2. The van der Waals surface area contributed by atoms with Gasteiger partial charge in [0.15, 0.2) is 0 Å². The van der Waals surface area contributed by atoms with Gasteiger partial charge in [0.05, 0.1) is 0 Å². The molecule has 2 N–H and O–H groups in total. The lowest BCUT2D eigenvalue weighted by molar-refractivity contribution is 0.289. The maximum Gasteiger partial charge on any atom is 0.707 e. The van der Waals surface area contributed by atoms with Crippen LogP contribution in [0.4, 0.5) is 0 Å². The fraction of sp³-hybridized carbons (Fsp3) is 0.182. The van der Waals surface area contributed by atoms with Crippen LogP contribution in [0.15, 0.2) is 146 Å². The van der Waals surface area contributed by atoms with Crippen molar-refractivity contribution < 1.29 is 14.7 Å². The summed E-state index contributed by atoms with van der Waals surface area (Å²) in [5, 5.41) is 26.6. The molecule has 7 aromatic carbocycles. The van der Waals surface area contributed by atoms with Crippen molar-refractivity contribution in [3.8, 4) is 28.0 Å². The van der Waals surface area contributed by atoms with Crippen LogP contribution in [0.2, 0.25) is 0 Å². The Morgan fingerprint density at radius 3 is 1.49 bits per heavy atom. The van der Waals surface area contributed by atoms with Crippen LogP contribution < -0.4 is 9.96 Å². The van der Waals surface area contributed by atoms with Crippen LogP contribution >= 0.6 is 7.92 Å². The van der Waals surface area contributed by atoms with E-state index in [4.69, 9.17) is 14.7 Å². The van der Waals surface area contributed by atoms with E-state index >= 15 is 0 Å². The molecular formula is C44H44BO3P. The number of benzene rings is 7. The van der Waals surface area contributed by atoms with Gasteiger partial charge in [0.2, 0.25) is 0 Å². The van der Waals surface area contributed by atoms with E-state index < -0.39 is 7.32 Å². The summed E-state index contributed by atoms with van der Waals surface area (Å²) >= 11 is 0. The molecule has 0 fully saturated rings. The zero-order valence-corrected chi connectivity index (χ0v) is 30.1. The van der Waals surface area contributed by atoms with Gasteiger partial charge in [-0.05, 0) is 101 Å². The molecule has 0 heterocycles. The number of fused-ring (bicyclic) bond motifs is 4. The first-order chi connectivity index (χ1) is 23.4. The average molecular weight is 663 g/mol. The Morgan fingerprint density at radius 1 is 0.469 bits per heavy atom. The first kappa shape index (κ1) is 34.4. The van der Waals surface area contributed by atoms with E-state index in [2.05, 4.69) is 151 Å². The Kier molecular flexibility index (Phi) is 9.95.